The number of fused-ring (bicyclic) bond motifs is 1. The Morgan fingerprint density at radius 1 is 1.44 bits per heavy atom. The maximum absolute atomic E-state index is 12.8. The summed E-state index contributed by atoms with van der Waals surface area (Å²) in [5.74, 6) is -1.81. The third kappa shape index (κ3) is 1.96. The van der Waals surface area contributed by atoms with E-state index in [0.29, 0.717) is 0 Å². The zero-order chi connectivity index (χ0) is 13.7. The van der Waals surface area contributed by atoms with Crippen molar-refractivity contribution in [3.8, 4) is 0 Å². The maximum Gasteiger partial charge on any atom is 0.418 e. The van der Waals surface area contributed by atoms with Gasteiger partial charge in [0.25, 0.3) is 0 Å². The number of hydrogen-bond donors (Lipinski definition) is 1. The van der Waals surface area contributed by atoms with Crippen LogP contribution < -0.4 is 0 Å². The minimum absolute atomic E-state index is 0.106. The monoisotopic (exact) mass is 322 g/mol. The number of aryl methyl sites for hydroxylation is 1. The second-order valence-corrected chi connectivity index (χ2v) is 4.53. The van der Waals surface area contributed by atoms with Crippen molar-refractivity contribution in [1.29, 1.82) is 0 Å². The summed E-state index contributed by atoms with van der Waals surface area (Å²) in [4.78, 5) is 14.4. The molecule has 0 aliphatic rings. The third-order valence-corrected chi connectivity index (χ3v) is 2.91. The van der Waals surface area contributed by atoms with Gasteiger partial charge < -0.3 is 9.67 Å². The van der Waals surface area contributed by atoms with Gasteiger partial charge in [0.15, 0.2) is 0 Å². The van der Waals surface area contributed by atoms with E-state index in [4.69, 9.17) is 5.11 Å². The number of nitrogens with zero attached hydrogens (tertiary/aromatic N) is 2. The van der Waals surface area contributed by atoms with E-state index in [9.17, 15) is 18.0 Å². The minimum Gasteiger partial charge on any atom is -0.475 e. The quantitative estimate of drug-likeness (QED) is 0.878. The first-order chi connectivity index (χ1) is 8.21. The molecule has 0 aliphatic carbocycles. The number of rotatable bonds is 1. The van der Waals surface area contributed by atoms with Gasteiger partial charge in [-0.2, -0.15) is 13.2 Å². The number of imidazole rings is 1. The van der Waals surface area contributed by atoms with Crippen LogP contribution >= 0.6 is 15.9 Å². The van der Waals surface area contributed by atoms with Gasteiger partial charge in [-0.05, 0) is 12.1 Å². The number of benzene rings is 1. The van der Waals surface area contributed by atoms with Crippen molar-refractivity contribution in [2.24, 2.45) is 7.05 Å². The topological polar surface area (TPSA) is 55.1 Å². The van der Waals surface area contributed by atoms with Crippen LogP contribution in [-0.2, 0) is 13.2 Å². The van der Waals surface area contributed by atoms with Crippen LogP contribution in [0.2, 0.25) is 0 Å². The summed E-state index contributed by atoms with van der Waals surface area (Å²) in [7, 11) is 1.35. The smallest absolute Gasteiger partial charge is 0.418 e. The lowest BCUT2D eigenvalue weighted by molar-refractivity contribution is -0.136. The Labute approximate surface area is 107 Å². The van der Waals surface area contributed by atoms with Crippen LogP contribution in [0.5, 0.6) is 0 Å². The Bertz CT molecular complexity index is 649. The second-order valence-electron chi connectivity index (χ2n) is 3.62. The van der Waals surface area contributed by atoms with Crippen LogP contribution in [0.3, 0.4) is 0 Å². The molecule has 0 saturated heterocycles. The molecule has 0 amide bonds. The standard InChI is InChI=1S/C10H6BrF3N2O2/c1-16-6-3-4(11)2-5(10(12,13)14)7(6)15-8(16)9(17)18/h2-3H,1H3,(H,17,18). The largest absolute Gasteiger partial charge is 0.475 e. The molecule has 1 aromatic heterocycles. The lowest BCUT2D eigenvalue weighted by Crippen LogP contribution is -2.06. The molecule has 0 unspecified atom stereocenters. The zero-order valence-corrected chi connectivity index (χ0v) is 10.5. The van der Waals surface area contributed by atoms with Gasteiger partial charge in [0, 0.05) is 11.5 Å². The molecule has 4 nitrogen and oxygen atoms in total. The van der Waals surface area contributed by atoms with Crippen molar-refractivity contribution in [2.75, 3.05) is 0 Å². The molecule has 1 N–H and O–H groups in total. The predicted molar refractivity (Wildman–Crippen MR) is 60.4 cm³/mol. The Morgan fingerprint density at radius 3 is 2.56 bits per heavy atom. The molecule has 0 saturated carbocycles. The summed E-state index contributed by atoms with van der Waals surface area (Å²) in [5, 5.41) is 8.85. The Kier molecular flexibility index (Phi) is 2.84. The van der Waals surface area contributed by atoms with Crippen LogP contribution in [0.15, 0.2) is 16.6 Å². The van der Waals surface area contributed by atoms with E-state index in [1.807, 2.05) is 0 Å². The average molecular weight is 323 g/mol. The minimum atomic E-state index is -4.59. The third-order valence-electron chi connectivity index (χ3n) is 2.45. The van der Waals surface area contributed by atoms with E-state index < -0.39 is 23.5 Å². The highest BCUT2D eigenvalue weighted by Gasteiger charge is 2.35. The van der Waals surface area contributed by atoms with Gasteiger partial charge in [-0.15, -0.1) is 0 Å². The fourth-order valence-electron chi connectivity index (χ4n) is 1.66. The molecule has 0 spiro atoms. The molecule has 0 bridgehead atoms. The molecule has 18 heavy (non-hydrogen) atoms. The number of carboxylic acids is 1. The normalized spacial score (nSPS) is 12.1. The molecule has 0 aliphatic heterocycles. The number of aromatic nitrogens is 2. The molecular weight excluding hydrogens is 317 g/mol. The number of alkyl halides is 3. The number of carbonyl (C=O) groups is 1. The highest BCUT2D eigenvalue weighted by Crippen LogP contribution is 2.36. The predicted octanol–water partition coefficient (Wildman–Crippen LogP) is 3.05. The van der Waals surface area contributed by atoms with Gasteiger partial charge >= 0.3 is 12.1 Å². The average Bonchev–Trinajstić information content (AvgIpc) is 2.54. The fraction of sp³-hybridized carbons (Fsp3) is 0.200. The maximum atomic E-state index is 12.8. The van der Waals surface area contributed by atoms with Crippen molar-refractivity contribution in [1.82, 2.24) is 9.55 Å². The van der Waals surface area contributed by atoms with Crippen molar-refractivity contribution < 1.29 is 23.1 Å². The summed E-state index contributed by atoms with van der Waals surface area (Å²) >= 11 is 2.97. The van der Waals surface area contributed by atoms with Gasteiger partial charge in [-0.25, -0.2) is 9.78 Å². The van der Waals surface area contributed by atoms with Crippen LogP contribution in [-0.4, -0.2) is 20.6 Å². The summed E-state index contributed by atoms with van der Waals surface area (Å²) in [6.45, 7) is 0. The van der Waals surface area contributed by atoms with E-state index in [-0.39, 0.29) is 15.5 Å². The number of aromatic carboxylic acids is 1. The molecule has 8 heteroatoms. The molecule has 96 valence electrons. The summed E-state index contributed by atoms with van der Waals surface area (Å²) < 4.78 is 39.8. The van der Waals surface area contributed by atoms with Crippen LogP contribution in [0.1, 0.15) is 16.2 Å². The van der Waals surface area contributed by atoms with E-state index in [0.717, 1.165) is 10.6 Å². The Balaban J connectivity index is 2.89. The summed E-state index contributed by atoms with van der Waals surface area (Å²) in [6.07, 6.45) is -4.59. The van der Waals surface area contributed by atoms with E-state index >= 15 is 0 Å². The van der Waals surface area contributed by atoms with Gasteiger partial charge in [-0.3, -0.25) is 0 Å². The van der Waals surface area contributed by atoms with E-state index in [2.05, 4.69) is 20.9 Å². The first-order valence-corrected chi connectivity index (χ1v) is 5.47. The Hall–Kier alpha value is -1.57. The molecule has 0 fully saturated rings. The fourth-order valence-corrected chi connectivity index (χ4v) is 2.11. The molecule has 2 rings (SSSR count). The van der Waals surface area contributed by atoms with Gasteiger partial charge in [0.05, 0.1) is 11.1 Å². The van der Waals surface area contributed by atoms with Crippen molar-refractivity contribution in [3.63, 3.8) is 0 Å². The number of halogens is 4. The van der Waals surface area contributed by atoms with E-state index in [1.54, 1.807) is 0 Å². The van der Waals surface area contributed by atoms with Crippen LogP contribution in [0.25, 0.3) is 11.0 Å². The van der Waals surface area contributed by atoms with Crippen LogP contribution in [0.4, 0.5) is 13.2 Å². The lowest BCUT2D eigenvalue weighted by Gasteiger charge is -2.08. The van der Waals surface area contributed by atoms with Crippen molar-refractivity contribution >= 4 is 32.9 Å². The Morgan fingerprint density at radius 2 is 2.06 bits per heavy atom. The SMILES string of the molecule is Cn1c(C(=O)O)nc2c(C(F)(F)F)cc(Br)cc21. The number of hydrogen-bond acceptors (Lipinski definition) is 2. The zero-order valence-electron chi connectivity index (χ0n) is 8.92. The lowest BCUT2D eigenvalue weighted by atomic mass is 10.2. The first-order valence-electron chi connectivity index (χ1n) is 4.68. The molecule has 0 radical (unpaired) electrons. The highest BCUT2D eigenvalue weighted by atomic mass is 79.9. The second kappa shape index (κ2) is 3.98. The van der Waals surface area contributed by atoms with Crippen LogP contribution in [0, 0.1) is 0 Å². The van der Waals surface area contributed by atoms with Gasteiger partial charge in [-0.1, -0.05) is 15.9 Å². The number of carboxylic acid groups (broad SMARTS) is 1. The van der Waals surface area contributed by atoms with Gasteiger partial charge in [0.1, 0.15) is 5.52 Å². The first kappa shape index (κ1) is 12.9. The van der Waals surface area contributed by atoms with E-state index in [1.165, 1.54) is 13.1 Å². The molecule has 2 aromatic rings. The molecule has 1 heterocycles. The molecule has 1 aromatic carbocycles. The van der Waals surface area contributed by atoms with Crippen molar-refractivity contribution in [3.05, 3.63) is 28.0 Å². The summed E-state index contributed by atoms with van der Waals surface area (Å²) in [6, 6.07) is 2.27. The highest BCUT2D eigenvalue weighted by molar-refractivity contribution is 9.10. The van der Waals surface area contributed by atoms with Crippen molar-refractivity contribution in [2.45, 2.75) is 6.18 Å². The summed E-state index contributed by atoms with van der Waals surface area (Å²) in [5.41, 5.74) is -1.23. The molecular formula is C10H6BrF3N2O2. The van der Waals surface area contributed by atoms with Gasteiger partial charge in [0.2, 0.25) is 5.82 Å². The molecule has 0 atom stereocenters.